The van der Waals surface area contributed by atoms with Crippen molar-refractivity contribution < 1.29 is 9.13 Å². The number of nitrogens with one attached hydrogen (secondary N) is 1. The summed E-state index contributed by atoms with van der Waals surface area (Å²) in [5, 5.41) is 3.36. The fraction of sp³-hybridized carbons (Fsp3) is 0.571. The van der Waals surface area contributed by atoms with Crippen molar-refractivity contribution >= 4 is 0 Å². The van der Waals surface area contributed by atoms with Crippen LogP contribution < -0.4 is 5.32 Å². The van der Waals surface area contributed by atoms with Gasteiger partial charge in [-0.2, -0.15) is 0 Å². The Morgan fingerprint density at radius 3 is 2.65 bits per heavy atom. The van der Waals surface area contributed by atoms with Crippen LogP contribution in [0.3, 0.4) is 0 Å². The summed E-state index contributed by atoms with van der Waals surface area (Å²) < 4.78 is 18.9. The maximum Gasteiger partial charge on any atom is 0.123 e. The predicted molar refractivity (Wildman–Crippen MR) is 68.6 cm³/mol. The Balaban J connectivity index is 2.99. The van der Waals surface area contributed by atoms with E-state index in [0.717, 1.165) is 17.7 Å². The molecule has 0 amide bonds. The molecule has 96 valence electrons. The van der Waals surface area contributed by atoms with E-state index < -0.39 is 0 Å². The van der Waals surface area contributed by atoms with Crippen molar-refractivity contribution in [1.82, 2.24) is 5.32 Å². The second-order valence-electron chi connectivity index (χ2n) is 4.20. The summed E-state index contributed by atoms with van der Waals surface area (Å²) in [5.41, 5.74) is 2.07. The summed E-state index contributed by atoms with van der Waals surface area (Å²) >= 11 is 0. The van der Waals surface area contributed by atoms with E-state index in [-0.39, 0.29) is 18.0 Å². The summed E-state index contributed by atoms with van der Waals surface area (Å²) in [7, 11) is 0. The fourth-order valence-electron chi connectivity index (χ4n) is 2.05. The zero-order chi connectivity index (χ0) is 12.8. The third kappa shape index (κ3) is 3.79. The van der Waals surface area contributed by atoms with Crippen LogP contribution in [0, 0.1) is 12.7 Å². The van der Waals surface area contributed by atoms with Crippen LogP contribution in [0.15, 0.2) is 18.2 Å². The molecule has 0 radical (unpaired) electrons. The van der Waals surface area contributed by atoms with Crippen molar-refractivity contribution in [2.75, 3.05) is 13.2 Å². The van der Waals surface area contributed by atoms with Crippen LogP contribution in [0.2, 0.25) is 0 Å². The second kappa shape index (κ2) is 6.72. The molecule has 1 rings (SSSR count). The van der Waals surface area contributed by atoms with Gasteiger partial charge < -0.3 is 10.1 Å². The number of rotatable bonds is 6. The lowest BCUT2D eigenvalue weighted by molar-refractivity contribution is 0.0474. The van der Waals surface area contributed by atoms with Gasteiger partial charge in [0.25, 0.3) is 0 Å². The van der Waals surface area contributed by atoms with Crippen LogP contribution in [-0.2, 0) is 4.74 Å². The smallest absolute Gasteiger partial charge is 0.123 e. The molecule has 2 nitrogen and oxygen atoms in total. The molecule has 2 atom stereocenters. The van der Waals surface area contributed by atoms with Crippen molar-refractivity contribution in [2.45, 2.75) is 39.8 Å². The molecule has 0 heterocycles. The Hall–Kier alpha value is -0.930. The normalized spacial score (nSPS) is 14.6. The van der Waals surface area contributed by atoms with E-state index in [1.807, 2.05) is 33.8 Å². The molecule has 0 aliphatic rings. The predicted octanol–water partition coefficient (Wildman–Crippen LogP) is 3.21. The first-order valence-electron chi connectivity index (χ1n) is 6.21. The minimum atomic E-state index is -0.197. The third-order valence-corrected chi connectivity index (χ3v) is 2.90. The van der Waals surface area contributed by atoms with Gasteiger partial charge in [0.1, 0.15) is 5.82 Å². The van der Waals surface area contributed by atoms with E-state index >= 15 is 0 Å². The van der Waals surface area contributed by atoms with Crippen molar-refractivity contribution in [3.63, 3.8) is 0 Å². The molecule has 2 unspecified atom stereocenters. The molecular weight excluding hydrogens is 217 g/mol. The van der Waals surface area contributed by atoms with Crippen molar-refractivity contribution in [1.29, 1.82) is 0 Å². The molecule has 0 saturated carbocycles. The summed E-state index contributed by atoms with van der Waals surface area (Å²) in [5.74, 6) is -0.197. The highest BCUT2D eigenvalue weighted by atomic mass is 19.1. The van der Waals surface area contributed by atoms with Gasteiger partial charge in [-0.25, -0.2) is 4.39 Å². The third-order valence-electron chi connectivity index (χ3n) is 2.90. The summed E-state index contributed by atoms with van der Waals surface area (Å²) in [6, 6.07) is 4.94. The largest absolute Gasteiger partial charge is 0.377 e. The molecule has 0 fully saturated rings. The second-order valence-corrected chi connectivity index (χ2v) is 4.20. The fourth-order valence-corrected chi connectivity index (χ4v) is 2.05. The van der Waals surface area contributed by atoms with Gasteiger partial charge in [0.05, 0.1) is 12.1 Å². The molecule has 1 aromatic rings. The SMILES string of the molecule is CCNC(c1cc(F)ccc1C)C(C)OCC. The summed E-state index contributed by atoms with van der Waals surface area (Å²) in [6.07, 6.45) is 0.0282. The van der Waals surface area contributed by atoms with E-state index in [4.69, 9.17) is 4.74 Å². The van der Waals surface area contributed by atoms with Crippen LogP contribution in [0.4, 0.5) is 4.39 Å². The molecule has 1 aromatic carbocycles. The van der Waals surface area contributed by atoms with Crippen LogP contribution in [0.1, 0.15) is 37.9 Å². The highest BCUT2D eigenvalue weighted by Gasteiger charge is 2.20. The lowest BCUT2D eigenvalue weighted by Gasteiger charge is -2.26. The van der Waals surface area contributed by atoms with Gasteiger partial charge in [-0.05, 0) is 50.6 Å². The van der Waals surface area contributed by atoms with Crippen LogP contribution in [0.25, 0.3) is 0 Å². The minimum Gasteiger partial charge on any atom is -0.377 e. The van der Waals surface area contributed by atoms with Gasteiger partial charge in [0, 0.05) is 6.61 Å². The lowest BCUT2D eigenvalue weighted by atomic mass is 9.97. The Bertz CT molecular complexity index is 354. The molecule has 0 spiro atoms. The number of benzene rings is 1. The van der Waals surface area contributed by atoms with Crippen LogP contribution in [0.5, 0.6) is 0 Å². The number of aryl methyl sites for hydroxylation is 1. The van der Waals surface area contributed by atoms with Gasteiger partial charge in [0.2, 0.25) is 0 Å². The van der Waals surface area contributed by atoms with Crippen LogP contribution >= 0.6 is 0 Å². The number of hydrogen-bond donors (Lipinski definition) is 1. The van der Waals surface area contributed by atoms with Gasteiger partial charge in [-0.3, -0.25) is 0 Å². The van der Waals surface area contributed by atoms with Gasteiger partial charge in [0.15, 0.2) is 0 Å². The highest BCUT2D eigenvalue weighted by molar-refractivity contribution is 5.30. The first kappa shape index (κ1) is 14.1. The number of hydrogen-bond acceptors (Lipinski definition) is 2. The zero-order valence-electron chi connectivity index (χ0n) is 11.1. The van der Waals surface area contributed by atoms with E-state index in [0.29, 0.717) is 6.61 Å². The average Bonchev–Trinajstić information content (AvgIpc) is 2.30. The first-order chi connectivity index (χ1) is 8.10. The number of likely N-dealkylation sites (N-methyl/N-ethyl adjacent to an activating group) is 1. The Morgan fingerprint density at radius 1 is 1.35 bits per heavy atom. The summed E-state index contributed by atoms with van der Waals surface area (Å²) in [4.78, 5) is 0. The van der Waals surface area contributed by atoms with Crippen molar-refractivity contribution in [2.24, 2.45) is 0 Å². The molecule has 0 aliphatic heterocycles. The Morgan fingerprint density at radius 2 is 2.06 bits per heavy atom. The van der Waals surface area contributed by atoms with Crippen molar-refractivity contribution in [3.8, 4) is 0 Å². The average molecular weight is 239 g/mol. The number of halogens is 1. The Kier molecular flexibility index (Phi) is 5.59. The van der Waals surface area contributed by atoms with E-state index in [1.165, 1.54) is 6.07 Å². The lowest BCUT2D eigenvalue weighted by Crippen LogP contribution is -2.32. The monoisotopic (exact) mass is 239 g/mol. The zero-order valence-corrected chi connectivity index (χ0v) is 11.1. The molecule has 0 bridgehead atoms. The molecule has 0 aromatic heterocycles. The molecule has 17 heavy (non-hydrogen) atoms. The van der Waals surface area contributed by atoms with E-state index in [9.17, 15) is 4.39 Å². The maximum atomic E-state index is 13.3. The first-order valence-corrected chi connectivity index (χ1v) is 6.21. The van der Waals surface area contributed by atoms with Crippen molar-refractivity contribution in [3.05, 3.63) is 35.1 Å². The molecule has 0 saturated heterocycles. The molecule has 3 heteroatoms. The quantitative estimate of drug-likeness (QED) is 0.823. The maximum absolute atomic E-state index is 13.3. The minimum absolute atomic E-state index is 0.0282. The van der Waals surface area contributed by atoms with E-state index in [2.05, 4.69) is 5.32 Å². The van der Waals surface area contributed by atoms with E-state index in [1.54, 1.807) is 6.07 Å². The number of ether oxygens (including phenoxy) is 1. The Labute approximate surface area is 103 Å². The summed E-state index contributed by atoms with van der Waals surface area (Å²) in [6.45, 7) is 9.52. The topological polar surface area (TPSA) is 21.3 Å². The highest BCUT2D eigenvalue weighted by Crippen LogP contribution is 2.23. The standard InChI is InChI=1S/C14H22FNO/c1-5-16-14(11(4)17-6-2)13-9-12(15)8-7-10(13)3/h7-9,11,14,16H,5-6H2,1-4H3. The molecule has 1 N–H and O–H groups in total. The molecule has 0 aliphatic carbocycles. The van der Waals surface area contributed by atoms with Crippen LogP contribution in [-0.4, -0.2) is 19.3 Å². The van der Waals surface area contributed by atoms with Gasteiger partial charge in [-0.1, -0.05) is 13.0 Å². The van der Waals surface area contributed by atoms with Gasteiger partial charge in [-0.15, -0.1) is 0 Å². The molecular formula is C14H22FNO. The van der Waals surface area contributed by atoms with Gasteiger partial charge >= 0.3 is 0 Å².